The molecule has 0 saturated carbocycles. The summed E-state index contributed by atoms with van der Waals surface area (Å²) in [5.74, 6) is -0.477. The Labute approximate surface area is 194 Å². The minimum Gasteiger partial charge on any atom is -0.507 e. The first-order valence-electron chi connectivity index (χ1n) is 11.0. The van der Waals surface area contributed by atoms with Gasteiger partial charge in [0.2, 0.25) is 5.91 Å². The highest BCUT2D eigenvalue weighted by Crippen LogP contribution is 2.13. The summed E-state index contributed by atoms with van der Waals surface area (Å²) in [6, 6.07) is 13.2. The second-order valence-corrected chi connectivity index (χ2v) is 7.44. The molecular formula is C25H31N3O5. The molecule has 0 aliphatic carbocycles. The van der Waals surface area contributed by atoms with Gasteiger partial charge in [0, 0.05) is 30.0 Å². The van der Waals surface area contributed by atoms with Gasteiger partial charge < -0.3 is 20.3 Å². The van der Waals surface area contributed by atoms with Gasteiger partial charge in [-0.2, -0.15) is 0 Å². The number of carbonyl (C=O) groups is 2. The Morgan fingerprint density at radius 1 is 0.939 bits per heavy atom. The van der Waals surface area contributed by atoms with E-state index < -0.39 is 12.0 Å². The third-order valence-electron chi connectivity index (χ3n) is 4.67. The van der Waals surface area contributed by atoms with Gasteiger partial charge in [-0.05, 0) is 30.7 Å². The van der Waals surface area contributed by atoms with E-state index in [0.717, 1.165) is 12.8 Å². The van der Waals surface area contributed by atoms with Crippen molar-refractivity contribution in [2.45, 2.75) is 38.6 Å². The zero-order valence-corrected chi connectivity index (χ0v) is 18.8. The summed E-state index contributed by atoms with van der Waals surface area (Å²) in [7, 11) is 0. The van der Waals surface area contributed by atoms with Crippen molar-refractivity contribution in [2.75, 3.05) is 19.7 Å². The fraction of sp³-hybridized carbons (Fsp3) is 0.360. The predicted octanol–water partition coefficient (Wildman–Crippen LogP) is 3.24. The molecule has 0 saturated heterocycles. The number of benzene rings is 2. The van der Waals surface area contributed by atoms with Crippen LogP contribution in [-0.4, -0.2) is 60.3 Å². The van der Waals surface area contributed by atoms with Crippen LogP contribution in [0.4, 0.5) is 0 Å². The maximum absolute atomic E-state index is 12.4. The van der Waals surface area contributed by atoms with Gasteiger partial charge in [-0.15, -0.1) is 0 Å². The van der Waals surface area contributed by atoms with E-state index in [-0.39, 0.29) is 43.3 Å². The van der Waals surface area contributed by atoms with Gasteiger partial charge in [0.25, 0.3) is 0 Å². The first kappa shape index (κ1) is 25.6. The maximum Gasteiger partial charge on any atom is 0.306 e. The summed E-state index contributed by atoms with van der Waals surface area (Å²) >= 11 is 0. The van der Waals surface area contributed by atoms with Crippen molar-refractivity contribution in [1.82, 2.24) is 5.32 Å². The van der Waals surface area contributed by atoms with Crippen LogP contribution < -0.4 is 5.32 Å². The fourth-order valence-electron chi connectivity index (χ4n) is 2.82. The second-order valence-electron chi connectivity index (χ2n) is 7.44. The van der Waals surface area contributed by atoms with Crippen molar-refractivity contribution in [3.63, 3.8) is 0 Å². The zero-order chi connectivity index (χ0) is 23.9. The Kier molecular flexibility index (Phi) is 11.2. The molecule has 0 unspecified atom stereocenters. The molecule has 0 spiro atoms. The van der Waals surface area contributed by atoms with E-state index in [4.69, 9.17) is 4.74 Å². The summed E-state index contributed by atoms with van der Waals surface area (Å²) < 4.78 is 5.07. The SMILES string of the molecule is CCCCOC(=O)CCC(=O)NC(C/N=C/c1ccccc1O)C/N=C/c1ccccc1O. The van der Waals surface area contributed by atoms with Gasteiger partial charge in [0.15, 0.2) is 0 Å². The largest absolute Gasteiger partial charge is 0.507 e. The Bertz CT molecular complexity index is 901. The lowest BCUT2D eigenvalue weighted by atomic mass is 10.2. The quantitative estimate of drug-likeness (QED) is 0.244. The van der Waals surface area contributed by atoms with E-state index in [0.29, 0.717) is 17.7 Å². The highest BCUT2D eigenvalue weighted by Gasteiger charge is 2.13. The summed E-state index contributed by atoms with van der Waals surface area (Å²) in [6.07, 6.45) is 4.80. The van der Waals surface area contributed by atoms with Gasteiger partial charge in [-0.25, -0.2) is 0 Å². The number of rotatable bonds is 13. The van der Waals surface area contributed by atoms with Crippen molar-refractivity contribution in [2.24, 2.45) is 9.98 Å². The van der Waals surface area contributed by atoms with Gasteiger partial charge in [0.05, 0.1) is 32.2 Å². The average Bonchev–Trinajstić information content (AvgIpc) is 2.80. The molecule has 0 heterocycles. The molecule has 2 aromatic carbocycles. The normalized spacial score (nSPS) is 11.3. The molecule has 0 radical (unpaired) electrons. The number of ether oxygens (including phenoxy) is 1. The average molecular weight is 454 g/mol. The topological polar surface area (TPSA) is 121 Å². The number of nitrogens with zero attached hydrogens (tertiary/aromatic N) is 2. The molecule has 3 N–H and O–H groups in total. The van der Waals surface area contributed by atoms with Crippen LogP contribution in [-0.2, 0) is 14.3 Å². The van der Waals surface area contributed by atoms with E-state index in [9.17, 15) is 19.8 Å². The number of aromatic hydroxyl groups is 2. The van der Waals surface area contributed by atoms with Crippen LogP contribution in [0.5, 0.6) is 11.5 Å². The molecule has 0 bridgehead atoms. The van der Waals surface area contributed by atoms with Crippen LogP contribution in [0.3, 0.4) is 0 Å². The molecule has 176 valence electrons. The van der Waals surface area contributed by atoms with E-state index in [2.05, 4.69) is 15.3 Å². The summed E-state index contributed by atoms with van der Waals surface area (Å²) in [4.78, 5) is 32.8. The van der Waals surface area contributed by atoms with Gasteiger partial charge in [0.1, 0.15) is 11.5 Å². The molecule has 0 fully saturated rings. The fourth-order valence-corrected chi connectivity index (χ4v) is 2.82. The van der Waals surface area contributed by atoms with Crippen molar-refractivity contribution < 1.29 is 24.5 Å². The number of phenols is 2. The summed E-state index contributed by atoms with van der Waals surface area (Å²) in [5.41, 5.74) is 1.13. The molecule has 0 aliphatic rings. The highest BCUT2D eigenvalue weighted by atomic mass is 16.5. The van der Waals surface area contributed by atoms with Crippen molar-refractivity contribution in [1.29, 1.82) is 0 Å². The molecular weight excluding hydrogens is 422 g/mol. The number of unbranched alkanes of at least 4 members (excludes halogenated alkanes) is 1. The van der Waals surface area contributed by atoms with Crippen LogP contribution in [0.2, 0.25) is 0 Å². The molecule has 8 heteroatoms. The first-order chi connectivity index (χ1) is 16.0. The molecule has 33 heavy (non-hydrogen) atoms. The minimum absolute atomic E-state index is 0.00454. The van der Waals surface area contributed by atoms with E-state index in [1.807, 2.05) is 6.92 Å². The number of carbonyl (C=O) groups excluding carboxylic acids is 2. The number of para-hydroxylation sites is 2. The Balaban J connectivity index is 1.95. The predicted molar refractivity (Wildman–Crippen MR) is 128 cm³/mol. The van der Waals surface area contributed by atoms with E-state index in [1.165, 1.54) is 12.4 Å². The highest BCUT2D eigenvalue weighted by molar-refractivity contribution is 5.84. The standard InChI is InChI=1S/C25H31N3O5/c1-2-3-14-33-25(32)13-12-24(31)28-21(17-26-15-19-8-4-6-10-22(19)29)18-27-16-20-9-5-7-11-23(20)30/h4-11,15-16,21,29-30H,2-3,12-14,17-18H2,1H3,(H,28,31)/b26-15+,27-16+. The second kappa shape index (κ2) is 14.4. The molecule has 0 atom stereocenters. The van der Waals surface area contributed by atoms with Gasteiger partial charge in [-0.1, -0.05) is 37.6 Å². The lowest BCUT2D eigenvalue weighted by molar-refractivity contribution is -0.145. The van der Waals surface area contributed by atoms with E-state index >= 15 is 0 Å². The molecule has 0 aliphatic heterocycles. The number of hydrogen-bond acceptors (Lipinski definition) is 7. The third-order valence-corrected chi connectivity index (χ3v) is 4.67. The minimum atomic E-state index is -0.433. The van der Waals surface area contributed by atoms with Crippen LogP contribution >= 0.6 is 0 Å². The van der Waals surface area contributed by atoms with Crippen molar-refractivity contribution in [3.8, 4) is 11.5 Å². The van der Waals surface area contributed by atoms with Crippen molar-refractivity contribution in [3.05, 3.63) is 59.7 Å². The molecule has 0 aromatic heterocycles. The van der Waals surface area contributed by atoms with E-state index in [1.54, 1.807) is 48.5 Å². The maximum atomic E-state index is 12.4. The number of hydrogen-bond donors (Lipinski definition) is 3. The summed E-state index contributed by atoms with van der Waals surface area (Å²) in [5, 5.41) is 22.6. The van der Waals surface area contributed by atoms with Gasteiger partial charge >= 0.3 is 5.97 Å². The Hall–Kier alpha value is -3.68. The van der Waals surface area contributed by atoms with Crippen molar-refractivity contribution >= 4 is 24.3 Å². The number of esters is 1. The van der Waals surface area contributed by atoms with Crippen LogP contribution in [0.15, 0.2) is 58.5 Å². The lowest BCUT2D eigenvalue weighted by Crippen LogP contribution is -2.39. The third kappa shape index (κ3) is 9.99. The van der Waals surface area contributed by atoms with Gasteiger partial charge in [-0.3, -0.25) is 19.6 Å². The number of aliphatic imine (C=N–C) groups is 2. The van der Waals surface area contributed by atoms with Crippen LogP contribution in [0.1, 0.15) is 43.7 Å². The lowest BCUT2D eigenvalue weighted by Gasteiger charge is -2.15. The smallest absolute Gasteiger partial charge is 0.306 e. The van der Waals surface area contributed by atoms with Crippen LogP contribution in [0, 0.1) is 0 Å². The van der Waals surface area contributed by atoms with Crippen LogP contribution in [0.25, 0.3) is 0 Å². The monoisotopic (exact) mass is 453 g/mol. The number of phenolic OH excluding ortho intramolecular Hbond substituents is 2. The zero-order valence-electron chi connectivity index (χ0n) is 18.8. The number of amides is 1. The molecule has 1 amide bonds. The Morgan fingerprint density at radius 2 is 1.48 bits per heavy atom. The molecule has 2 aromatic rings. The molecule has 8 nitrogen and oxygen atoms in total. The Morgan fingerprint density at radius 3 is 2.00 bits per heavy atom. The first-order valence-corrected chi connectivity index (χ1v) is 11.0. The summed E-state index contributed by atoms with van der Waals surface area (Å²) in [6.45, 7) is 2.81. The number of nitrogens with one attached hydrogen (secondary N) is 1. The molecule has 2 rings (SSSR count).